The number of carbonyl (C=O) groups is 5. The lowest BCUT2D eigenvalue weighted by molar-refractivity contribution is -0.155. The number of hydrogen-bond donors (Lipinski definition) is 0. The molecule has 0 heterocycles. The molecule has 9 nitrogen and oxygen atoms in total. The molecular weight excluding hydrogens is 564 g/mol. The summed E-state index contributed by atoms with van der Waals surface area (Å²) in [5, 5.41) is 0. The number of hydrogen-bond acceptors (Lipinski definition) is 9. The molecule has 0 aliphatic carbocycles. The highest BCUT2D eigenvalue weighted by Gasteiger charge is 2.17. The van der Waals surface area contributed by atoms with Crippen molar-refractivity contribution in [2.24, 2.45) is 0 Å². The number of carbonyl (C=O) groups excluding carboxylic acids is 5. The van der Waals surface area contributed by atoms with Crippen LogP contribution in [0.25, 0.3) is 0 Å². The molecular formula is C35H58O9. The van der Waals surface area contributed by atoms with E-state index in [0.29, 0.717) is 58.0 Å². The maximum absolute atomic E-state index is 11.9. The highest BCUT2D eigenvalue weighted by molar-refractivity contribution is 6.33. The topological polar surface area (TPSA) is 122 Å². The molecule has 0 saturated heterocycles. The van der Waals surface area contributed by atoms with E-state index in [1.165, 1.54) is 38.5 Å². The number of allylic oxidation sites excluding steroid dienone is 2. The zero-order chi connectivity index (χ0) is 32.5. The monoisotopic (exact) mass is 622 g/mol. The second-order valence-electron chi connectivity index (χ2n) is 10.9. The van der Waals surface area contributed by atoms with Gasteiger partial charge < -0.3 is 18.9 Å². The van der Waals surface area contributed by atoms with Gasteiger partial charge in [-0.1, -0.05) is 76.7 Å². The van der Waals surface area contributed by atoms with Crippen LogP contribution in [0, 0.1) is 0 Å². The molecule has 0 aromatic carbocycles. The lowest BCUT2D eigenvalue weighted by Gasteiger charge is -2.06. The molecule has 0 fully saturated rings. The maximum atomic E-state index is 11.9. The largest absolute Gasteiger partial charge is 0.466 e. The summed E-state index contributed by atoms with van der Waals surface area (Å²) < 4.78 is 20.4. The normalized spacial score (nSPS) is 11.1. The van der Waals surface area contributed by atoms with Crippen molar-refractivity contribution in [2.45, 2.75) is 142 Å². The smallest absolute Gasteiger partial charge is 0.374 e. The predicted molar refractivity (Wildman–Crippen MR) is 171 cm³/mol. The van der Waals surface area contributed by atoms with Crippen molar-refractivity contribution >= 4 is 29.7 Å². The fourth-order valence-corrected chi connectivity index (χ4v) is 4.09. The number of esters is 4. The predicted octanol–water partition coefficient (Wildman–Crippen LogP) is 7.68. The van der Waals surface area contributed by atoms with Gasteiger partial charge >= 0.3 is 23.9 Å². The van der Waals surface area contributed by atoms with Crippen LogP contribution in [0.5, 0.6) is 0 Å². The van der Waals surface area contributed by atoms with Crippen LogP contribution in [0.4, 0.5) is 0 Å². The summed E-state index contributed by atoms with van der Waals surface area (Å²) in [6, 6.07) is 0. The van der Waals surface area contributed by atoms with E-state index < -0.39 is 17.7 Å². The van der Waals surface area contributed by atoms with Crippen LogP contribution in [0.15, 0.2) is 24.3 Å². The summed E-state index contributed by atoms with van der Waals surface area (Å²) in [6.45, 7) is 5.21. The zero-order valence-corrected chi connectivity index (χ0v) is 27.5. The molecule has 0 amide bonds. The minimum atomic E-state index is -0.965. The van der Waals surface area contributed by atoms with Gasteiger partial charge in [0, 0.05) is 19.3 Å². The molecule has 0 spiro atoms. The van der Waals surface area contributed by atoms with E-state index in [-0.39, 0.29) is 44.6 Å². The van der Waals surface area contributed by atoms with Crippen LogP contribution in [-0.4, -0.2) is 56.1 Å². The SMILES string of the molecule is CCCCCC/C=C\COC(=O)CCCCCOC(=O)CCC(=O)C(=O)OCCCCCC(=O)OC/C=C\CCCCCC. The second kappa shape index (κ2) is 31.5. The molecule has 0 N–H and O–H groups in total. The molecule has 0 rings (SSSR count). The van der Waals surface area contributed by atoms with E-state index >= 15 is 0 Å². The minimum absolute atomic E-state index is 0.0776. The molecule has 0 aromatic heterocycles. The summed E-state index contributed by atoms with van der Waals surface area (Å²) in [7, 11) is 0. The van der Waals surface area contributed by atoms with Crippen LogP contribution in [0.2, 0.25) is 0 Å². The molecule has 0 unspecified atom stereocenters. The van der Waals surface area contributed by atoms with Gasteiger partial charge in [0.25, 0.3) is 0 Å². The molecule has 0 aromatic rings. The lowest BCUT2D eigenvalue weighted by atomic mass is 10.1. The molecule has 0 radical (unpaired) electrons. The number of ether oxygens (including phenoxy) is 4. The van der Waals surface area contributed by atoms with Gasteiger partial charge in [0.15, 0.2) is 0 Å². The third-order valence-electron chi connectivity index (χ3n) is 6.79. The van der Waals surface area contributed by atoms with Gasteiger partial charge in [0.05, 0.1) is 19.6 Å². The molecule has 0 bridgehead atoms. The highest BCUT2D eigenvalue weighted by Crippen LogP contribution is 2.07. The Balaban J connectivity index is 3.64. The molecule has 9 heteroatoms. The summed E-state index contributed by atoms with van der Waals surface area (Å²) in [5.41, 5.74) is 0. The maximum Gasteiger partial charge on any atom is 0.374 e. The van der Waals surface area contributed by atoms with Gasteiger partial charge in [-0.25, -0.2) is 4.79 Å². The van der Waals surface area contributed by atoms with Crippen molar-refractivity contribution < 1.29 is 42.9 Å². The van der Waals surface area contributed by atoms with E-state index in [9.17, 15) is 24.0 Å². The van der Waals surface area contributed by atoms with E-state index in [2.05, 4.69) is 19.9 Å². The van der Waals surface area contributed by atoms with Gasteiger partial charge in [-0.2, -0.15) is 0 Å². The van der Waals surface area contributed by atoms with E-state index in [4.69, 9.17) is 18.9 Å². The lowest BCUT2D eigenvalue weighted by Crippen LogP contribution is -2.19. The Morgan fingerprint density at radius 1 is 0.432 bits per heavy atom. The van der Waals surface area contributed by atoms with Gasteiger partial charge in [-0.05, 0) is 64.2 Å². The Hall–Kier alpha value is -2.97. The molecule has 0 atom stereocenters. The van der Waals surface area contributed by atoms with Crippen LogP contribution >= 0.6 is 0 Å². The summed E-state index contributed by atoms with van der Waals surface area (Å²) in [4.78, 5) is 59.1. The first-order valence-electron chi connectivity index (χ1n) is 16.9. The molecule has 252 valence electrons. The number of ketones is 1. The fraction of sp³-hybridized carbons (Fsp3) is 0.743. The van der Waals surface area contributed by atoms with Gasteiger partial charge in [0.1, 0.15) is 13.2 Å². The van der Waals surface area contributed by atoms with Crippen LogP contribution in [0.3, 0.4) is 0 Å². The third-order valence-corrected chi connectivity index (χ3v) is 6.79. The number of unbranched alkanes of at least 4 members (excludes halogenated alkanes) is 12. The van der Waals surface area contributed by atoms with Crippen LogP contribution in [-0.2, 0) is 42.9 Å². The Labute approximate surface area is 265 Å². The quantitative estimate of drug-likeness (QED) is 0.0261. The number of rotatable bonds is 30. The molecule has 0 aliphatic heterocycles. The first-order valence-corrected chi connectivity index (χ1v) is 16.9. The summed E-state index contributed by atoms with van der Waals surface area (Å²) in [5.74, 6) is -2.79. The molecule has 0 saturated carbocycles. The van der Waals surface area contributed by atoms with Crippen molar-refractivity contribution in [1.29, 1.82) is 0 Å². The third kappa shape index (κ3) is 29.1. The first-order chi connectivity index (χ1) is 21.4. The highest BCUT2D eigenvalue weighted by atomic mass is 16.5. The fourth-order valence-electron chi connectivity index (χ4n) is 4.09. The summed E-state index contributed by atoms with van der Waals surface area (Å²) in [6.07, 6.45) is 23.4. The van der Waals surface area contributed by atoms with E-state index in [1.54, 1.807) is 0 Å². The average molecular weight is 623 g/mol. The zero-order valence-electron chi connectivity index (χ0n) is 27.5. The van der Waals surface area contributed by atoms with Gasteiger partial charge in [0.2, 0.25) is 5.78 Å². The molecule has 0 aliphatic rings. The van der Waals surface area contributed by atoms with Crippen LogP contribution in [0.1, 0.15) is 142 Å². The second-order valence-corrected chi connectivity index (χ2v) is 10.9. The Morgan fingerprint density at radius 2 is 0.886 bits per heavy atom. The van der Waals surface area contributed by atoms with Gasteiger partial charge in [-0.15, -0.1) is 0 Å². The van der Waals surface area contributed by atoms with Crippen molar-refractivity contribution in [1.82, 2.24) is 0 Å². The van der Waals surface area contributed by atoms with Crippen molar-refractivity contribution in [3.05, 3.63) is 24.3 Å². The van der Waals surface area contributed by atoms with Crippen molar-refractivity contribution in [3.8, 4) is 0 Å². The average Bonchev–Trinajstić information content (AvgIpc) is 3.01. The van der Waals surface area contributed by atoms with E-state index in [0.717, 1.165) is 25.7 Å². The first kappa shape index (κ1) is 41.0. The Kier molecular flexibility index (Phi) is 29.3. The van der Waals surface area contributed by atoms with Crippen molar-refractivity contribution in [2.75, 3.05) is 26.4 Å². The Morgan fingerprint density at radius 3 is 1.39 bits per heavy atom. The van der Waals surface area contributed by atoms with E-state index in [1.807, 2.05) is 18.2 Å². The summed E-state index contributed by atoms with van der Waals surface area (Å²) >= 11 is 0. The molecule has 44 heavy (non-hydrogen) atoms. The minimum Gasteiger partial charge on any atom is -0.466 e. The standard InChI is InChI=1S/C35H58O9/c1-3-5-7-9-11-13-19-27-41-32(37)23-17-15-21-29-43-34(39)26-25-31(36)35(40)44-30-22-16-18-24-33(38)42-28-20-14-12-10-8-6-4-2/h13-14,19-20H,3-12,15-18,21-30H2,1-2H3/b19-13-,20-14-. The Bertz CT molecular complexity index is 832. The number of Topliss-reactive ketones (excluding diaryl/α,β-unsaturated/α-hetero) is 1. The van der Waals surface area contributed by atoms with Gasteiger partial charge in [-0.3, -0.25) is 19.2 Å². The van der Waals surface area contributed by atoms with Crippen molar-refractivity contribution in [3.63, 3.8) is 0 Å². The van der Waals surface area contributed by atoms with Crippen LogP contribution < -0.4 is 0 Å².